The van der Waals surface area contributed by atoms with E-state index in [4.69, 9.17) is 9.41 Å². The number of benzene rings is 3. The van der Waals surface area contributed by atoms with Crippen molar-refractivity contribution < 1.29 is 9.21 Å². The normalized spacial score (nSPS) is 15.1. The highest BCUT2D eigenvalue weighted by Crippen LogP contribution is 2.33. The van der Waals surface area contributed by atoms with Gasteiger partial charge in [0.05, 0.1) is 21.8 Å². The van der Waals surface area contributed by atoms with Crippen molar-refractivity contribution in [2.45, 2.75) is 13.0 Å². The Morgan fingerprint density at radius 2 is 1.73 bits per heavy atom. The maximum Gasteiger partial charge on any atom is 0.271 e. The van der Waals surface area contributed by atoms with E-state index in [0.717, 1.165) is 20.1 Å². The van der Waals surface area contributed by atoms with Crippen molar-refractivity contribution >= 4 is 60.9 Å². The minimum Gasteiger partial charge on any atom is -0.457 e. The first-order chi connectivity index (χ1) is 19.4. The molecule has 6 nitrogen and oxygen atoms in total. The van der Waals surface area contributed by atoms with E-state index < -0.39 is 6.04 Å². The van der Waals surface area contributed by atoms with E-state index in [9.17, 15) is 9.59 Å². The number of halogens is 2. The number of furan rings is 1. The first kappa shape index (κ1) is 26.4. The number of nitrogens with zero attached hydrogens (tertiary/aromatic N) is 2. The Hall–Kier alpha value is -3.79. The number of carbonyl (C=O) groups excluding carboxylic acids is 1. The molecule has 0 unspecified atom stereocenters. The van der Waals surface area contributed by atoms with E-state index >= 15 is 0 Å². The molecule has 1 aliphatic heterocycles. The highest BCUT2D eigenvalue weighted by molar-refractivity contribution is 9.11. The number of amides is 1. The molecule has 2 aromatic heterocycles. The predicted molar refractivity (Wildman–Crippen MR) is 165 cm³/mol. The Morgan fingerprint density at radius 1 is 1.00 bits per heavy atom. The van der Waals surface area contributed by atoms with Gasteiger partial charge < -0.3 is 9.73 Å². The van der Waals surface area contributed by atoms with Crippen molar-refractivity contribution in [3.05, 3.63) is 142 Å². The standard InChI is InChI=1S/C31H21Br2N3O3S/c1-18-27(29(37)35-21-10-6-3-7-11-21)28(19-8-4-2-5-9-19)36-30(38)26(40-31(36)34-18)17-22-13-15-25(39-22)23-16-20(32)12-14-24(23)33/h2-17,28H,1H3,(H,35,37)/b26-17+/t28-/m1/s1. The van der Waals surface area contributed by atoms with Gasteiger partial charge in [-0.05, 0) is 55.0 Å². The first-order valence-corrected chi connectivity index (χ1v) is 14.8. The molecule has 3 heterocycles. The number of anilines is 1. The summed E-state index contributed by atoms with van der Waals surface area (Å²) >= 11 is 8.35. The summed E-state index contributed by atoms with van der Waals surface area (Å²) in [4.78, 5) is 32.7. The predicted octanol–water partition coefficient (Wildman–Crippen LogP) is 6.66. The van der Waals surface area contributed by atoms with Crippen molar-refractivity contribution in [3.63, 3.8) is 0 Å². The molecular weight excluding hydrogens is 654 g/mol. The third-order valence-electron chi connectivity index (χ3n) is 6.51. The van der Waals surface area contributed by atoms with Crippen molar-refractivity contribution in [2.75, 3.05) is 5.32 Å². The van der Waals surface area contributed by atoms with Crippen molar-refractivity contribution in [2.24, 2.45) is 4.99 Å². The van der Waals surface area contributed by atoms with Gasteiger partial charge >= 0.3 is 0 Å². The van der Waals surface area contributed by atoms with Gasteiger partial charge in [-0.2, -0.15) is 0 Å². The molecule has 40 heavy (non-hydrogen) atoms. The molecule has 0 saturated carbocycles. The van der Waals surface area contributed by atoms with Crippen molar-refractivity contribution in [1.82, 2.24) is 4.57 Å². The first-order valence-electron chi connectivity index (χ1n) is 12.4. The Labute approximate surface area is 250 Å². The molecule has 1 N–H and O–H groups in total. The summed E-state index contributed by atoms with van der Waals surface area (Å²) in [5.74, 6) is 0.914. The summed E-state index contributed by atoms with van der Waals surface area (Å²) < 4.78 is 10.0. The summed E-state index contributed by atoms with van der Waals surface area (Å²) in [7, 11) is 0. The van der Waals surface area contributed by atoms with Gasteiger partial charge in [-0.3, -0.25) is 14.2 Å². The van der Waals surface area contributed by atoms with Crippen LogP contribution < -0.4 is 20.2 Å². The molecular formula is C31H21Br2N3O3S. The van der Waals surface area contributed by atoms with Gasteiger partial charge in [0.15, 0.2) is 4.80 Å². The zero-order valence-electron chi connectivity index (χ0n) is 21.1. The number of thiazole rings is 1. The Balaban J connectivity index is 1.45. The topological polar surface area (TPSA) is 76.6 Å². The minimum atomic E-state index is -0.631. The molecule has 0 spiro atoms. The quantitative estimate of drug-likeness (QED) is 0.227. The number of carbonyl (C=O) groups is 1. The van der Waals surface area contributed by atoms with Crippen LogP contribution in [0.25, 0.3) is 17.4 Å². The van der Waals surface area contributed by atoms with Gasteiger partial charge in [0.1, 0.15) is 11.5 Å². The molecule has 1 amide bonds. The third kappa shape index (κ3) is 5.08. The minimum absolute atomic E-state index is 0.239. The molecule has 1 atom stereocenters. The molecule has 5 aromatic rings. The highest BCUT2D eigenvalue weighted by atomic mass is 79.9. The maximum absolute atomic E-state index is 13.9. The van der Waals surface area contributed by atoms with E-state index in [0.29, 0.717) is 37.8 Å². The second-order valence-corrected chi connectivity index (χ2v) is 11.9. The second kappa shape index (κ2) is 11.0. The number of aromatic nitrogens is 1. The van der Waals surface area contributed by atoms with Crippen LogP contribution in [0, 0.1) is 0 Å². The fraction of sp³-hybridized carbons (Fsp3) is 0.0645. The highest BCUT2D eigenvalue weighted by Gasteiger charge is 2.32. The van der Waals surface area contributed by atoms with Crippen LogP contribution in [0.2, 0.25) is 0 Å². The zero-order chi connectivity index (χ0) is 27.8. The van der Waals surface area contributed by atoms with Crippen molar-refractivity contribution in [3.8, 4) is 11.3 Å². The van der Waals surface area contributed by atoms with E-state index in [-0.39, 0.29) is 11.5 Å². The molecule has 1 aliphatic rings. The number of nitrogens with one attached hydrogen (secondary N) is 1. The van der Waals surface area contributed by atoms with Crippen LogP contribution in [0.5, 0.6) is 0 Å². The fourth-order valence-corrected chi connectivity index (χ4v) is 6.50. The van der Waals surface area contributed by atoms with Gasteiger partial charge in [-0.1, -0.05) is 91.7 Å². The SMILES string of the molecule is CC1=C(C(=O)Nc2ccccc2)[C@@H](c2ccccc2)n2c(s/c(=C/c3ccc(-c4cc(Br)ccc4Br)o3)c2=O)=N1. The number of allylic oxidation sites excluding steroid dienone is 1. The molecule has 0 bridgehead atoms. The number of hydrogen-bond donors (Lipinski definition) is 1. The zero-order valence-corrected chi connectivity index (χ0v) is 25.1. The molecule has 6 rings (SSSR count). The molecule has 0 radical (unpaired) electrons. The summed E-state index contributed by atoms with van der Waals surface area (Å²) in [6.07, 6.45) is 1.73. The van der Waals surface area contributed by atoms with E-state index in [2.05, 4.69) is 37.2 Å². The molecule has 198 valence electrons. The summed E-state index contributed by atoms with van der Waals surface area (Å²) in [6.45, 7) is 1.81. The van der Waals surface area contributed by atoms with Crippen LogP contribution in [0.15, 0.2) is 125 Å². The maximum atomic E-state index is 13.9. The van der Waals surface area contributed by atoms with Gasteiger partial charge in [-0.25, -0.2) is 4.99 Å². The number of fused-ring (bicyclic) bond motifs is 1. The second-order valence-electron chi connectivity index (χ2n) is 9.14. The molecule has 0 saturated heterocycles. The lowest BCUT2D eigenvalue weighted by atomic mass is 9.95. The summed E-state index contributed by atoms with van der Waals surface area (Å²) in [5, 5.41) is 2.97. The van der Waals surface area contributed by atoms with E-state index in [1.807, 2.05) is 97.9 Å². The Bertz CT molecular complexity index is 1960. The lowest BCUT2D eigenvalue weighted by Crippen LogP contribution is -2.40. The smallest absolute Gasteiger partial charge is 0.271 e. The fourth-order valence-electron chi connectivity index (χ4n) is 4.67. The Kier molecular flexibility index (Phi) is 7.27. The van der Waals surface area contributed by atoms with E-state index in [1.165, 1.54) is 11.3 Å². The van der Waals surface area contributed by atoms with Gasteiger partial charge in [0, 0.05) is 26.3 Å². The van der Waals surface area contributed by atoms with Gasteiger partial charge in [0.25, 0.3) is 11.5 Å². The lowest BCUT2D eigenvalue weighted by molar-refractivity contribution is -0.113. The van der Waals surface area contributed by atoms with Crippen LogP contribution in [0.1, 0.15) is 24.3 Å². The van der Waals surface area contributed by atoms with Crippen molar-refractivity contribution in [1.29, 1.82) is 0 Å². The number of hydrogen-bond acceptors (Lipinski definition) is 5. The number of para-hydroxylation sites is 1. The van der Waals surface area contributed by atoms with Gasteiger partial charge in [0.2, 0.25) is 0 Å². The molecule has 0 aliphatic carbocycles. The Morgan fingerprint density at radius 3 is 2.48 bits per heavy atom. The summed E-state index contributed by atoms with van der Waals surface area (Å²) in [6, 6.07) is 27.7. The molecule has 3 aromatic carbocycles. The average molecular weight is 675 g/mol. The van der Waals surface area contributed by atoms with Gasteiger partial charge in [-0.15, -0.1) is 0 Å². The van der Waals surface area contributed by atoms with Crippen LogP contribution in [0.3, 0.4) is 0 Å². The van der Waals surface area contributed by atoms with Crippen LogP contribution in [-0.2, 0) is 4.79 Å². The van der Waals surface area contributed by atoms with Crippen LogP contribution in [-0.4, -0.2) is 10.5 Å². The number of rotatable bonds is 5. The molecule has 0 fully saturated rings. The lowest BCUT2D eigenvalue weighted by Gasteiger charge is -2.25. The molecule has 9 heteroatoms. The largest absolute Gasteiger partial charge is 0.457 e. The van der Waals surface area contributed by atoms with E-state index in [1.54, 1.807) is 10.6 Å². The van der Waals surface area contributed by atoms with Crippen LogP contribution in [0.4, 0.5) is 5.69 Å². The van der Waals surface area contributed by atoms with Crippen LogP contribution >= 0.6 is 43.2 Å². The average Bonchev–Trinajstić information content (AvgIpc) is 3.54. The third-order valence-corrected chi connectivity index (χ3v) is 8.67. The summed E-state index contributed by atoms with van der Waals surface area (Å²) in [5.41, 5.74) is 3.13. The monoisotopic (exact) mass is 673 g/mol.